The van der Waals surface area contributed by atoms with Gasteiger partial charge >= 0.3 is 5.69 Å². The number of fused-ring (bicyclic) bond motifs is 3. The summed E-state index contributed by atoms with van der Waals surface area (Å²) in [5.41, 5.74) is 2.76. The van der Waals surface area contributed by atoms with Gasteiger partial charge in [0.25, 0.3) is 5.56 Å². The molecule has 2 aromatic heterocycles. The molecule has 2 heterocycles. The Balaban J connectivity index is 2.04. The van der Waals surface area contributed by atoms with Crippen LogP contribution in [0, 0.1) is 0 Å². The Morgan fingerprint density at radius 1 is 1.14 bits per heavy atom. The lowest BCUT2D eigenvalue weighted by Crippen LogP contribution is -2.38. The van der Waals surface area contributed by atoms with Gasteiger partial charge in [0.05, 0.1) is 12.1 Å². The number of hydrogen-bond acceptors (Lipinski definition) is 3. The van der Waals surface area contributed by atoms with E-state index in [-0.39, 0.29) is 11.2 Å². The van der Waals surface area contributed by atoms with Gasteiger partial charge in [-0.2, -0.15) is 0 Å². The fraction of sp³-hybridized carbons (Fsp3) is 0.294. The summed E-state index contributed by atoms with van der Waals surface area (Å²) in [7, 11) is 1.57. The molecule has 0 saturated heterocycles. The summed E-state index contributed by atoms with van der Waals surface area (Å²) in [5, 5.41) is 0. The minimum atomic E-state index is -0.228. The lowest BCUT2D eigenvalue weighted by Gasteiger charge is -2.11. The molecule has 0 bridgehead atoms. The summed E-state index contributed by atoms with van der Waals surface area (Å²) < 4.78 is 3.73. The van der Waals surface area contributed by atoms with Crippen molar-refractivity contribution in [2.24, 2.45) is 7.05 Å². The molecule has 0 aliphatic heterocycles. The summed E-state index contributed by atoms with van der Waals surface area (Å²) in [6.07, 6.45) is 3.11. The van der Waals surface area contributed by atoms with Crippen molar-refractivity contribution in [2.45, 2.75) is 25.8 Å². The minimum absolute atomic E-state index is 0.163. The molecule has 4 nitrogen and oxygen atoms in total. The number of hydrogen-bond donors (Lipinski definition) is 0. The minimum Gasteiger partial charge on any atom is -0.288 e. The van der Waals surface area contributed by atoms with E-state index in [4.69, 9.17) is 0 Å². The molecule has 0 atom stereocenters. The van der Waals surface area contributed by atoms with Crippen LogP contribution in [-0.2, 0) is 26.4 Å². The zero-order valence-electron chi connectivity index (χ0n) is 12.3. The molecule has 4 rings (SSSR count). The molecule has 22 heavy (non-hydrogen) atoms. The first kappa shape index (κ1) is 13.5. The Kier molecular flexibility index (Phi) is 3.04. The Morgan fingerprint density at radius 3 is 2.68 bits per heavy atom. The maximum absolute atomic E-state index is 12.6. The highest BCUT2D eigenvalue weighted by atomic mass is 32.1. The van der Waals surface area contributed by atoms with Crippen LogP contribution in [0.3, 0.4) is 0 Å². The molecule has 0 N–H and O–H groups in total. The Hall–Kier alpha value is -2.14. The number of benzene rings is 1. The number of aryl methyl sites for hydroxylation is 2. The average Bonchev–Trinajstić information content (AvgIpc) is 3.11. The van der Waals surface area contributed by atoms with Crippen LogP contribution in [0.15, 0.2) is 39.9 Å². The first-order valence-corrected chi connectivity index (χ1v) is 8.26. The third-order valence-corrected chi connectivity index (χ3v) is 5.63. The number of thiophene rings is 1. The lowest BCUT2D eigenvalue weighted by molar-refractivity contribution is 0.673. The Labute approximate surface area is 131 Å². The van der Waals surface area contributed by atoms with Gasteiger partial charge in [-0.15, -0.1) is 11.3 Å². The number of rotatable bonds is 2. The van der Waals surface area contributed by atoms with Crippen molar-refractivity contribution in [3.8, 4) is 0 Å². The first-order chi connectivity index (χ1) is 10.7. The summed E-state index contributed by atoms with van der Waals surface area (Å²) >= 11 is 1.57. The average molecular weight is 312 g/mol. The van der Waals surface area contributed by atoms with Gasteiger partial charge in [0.15, 0.2) is 0 Å². The molecule has 0 fully saturated rings. The van der Waals surface area contributed by atoms with Gasteiger partial charge in [0.2, 0.25) is 0 Å². The quantitative estimate of drug-likeness (QED) is 0.729. The van der Waals surface area contributed by atoms with E-state index in [0.717, 1.165) is 35.0 Å². The SMILES string of the molecule is Cn1c(=O)c2sc3c(c2n(Cc2ccccc2)c1=O)CCC3. The van der Waals surface area contributed by atoms with Crippen LogP contribution in [0.2, 0.25) is 0 Å². The molecule has 0 spiro atoms. The van der Waals surface area contributed by atoms with Crippen molar-refractivity contribution in [1.29, 1.82) is 0 Å². The molecule has 112 valence electrons. The fourth-order valence-corrected chi connectivity index (χ4v) is 4.62. The van der Waals surface area contributed by atoms with Gasteiger partial charge in [0, 0.05) is 11.9 Å². The molecule has 0 unspecified atom stereocenters. The zero-order chi connectivity index (χ0) is 15.3. The van der Waals surface area contributed by atoms with Crippen LogP contribution >= 0.6 is 11.3 Å². The van der Waals surface area contributed by atoms with Gasteiger partial charge in [-0.1, -0.05) is 30.3 Å². The maximum Gasteiger partial charge on any atom is 0.331 e. The Morgan fingerprint density at radius 2 is 1.91 bits per heavy atom. The van der Waals surface area contributed by atoms with E-state index in [2.05, 4.69) is 0 Å². The molecule has 0 radical (unpaired) electrons. The van der Waals surface area contributed by atoms with Crippen LogP contribution in [0.5, 0.6) is 0 Å². The van der Waals surface area contributed by atoms with E-state index >= 15 is 0 Å². The predicted molar refractivity (Wildman–Crippen MR) is 88.9 cm³/mol. The smallest absolute Gasteiger partial charge is 0.288 e. The predicted octanol–water partition coefficient (Wildman–Crippen LogP) is 2.30. The largest absolute Gasteiger partial charge is 0.331 e. The highest BCUT2D eigenvalue weighted by molar-refractivity contribution is 7.19. The number of aromatic nitrogens is 2. The number of nitrogens with zero attached hydrogens (tertiary/aromatic N) is 2. The molecule has 3 aromatic rings. The standard InChI is InChI=1S/C17H16N2O2S/c1-18-16(20)15-14(12-8-5-9-13(12)22-15)19(17(18)21)10-11-6-3-2-4-7-11/h2-4,6-7H,5,8-10H2,1H3. The van der Waals surface area contributed by atoms with Crippen LogP contribution < -0.4 is 11.2 Å². The molecular formula is C17H16N2O2S. The summed E-state index contributed by atoms with van der Waals surface area (Å²) in [4.78, 5) is 26.3. The third kappa shape index (κ3) is 1.89. The lowest BCUT2D eigenvalue weighted by atomic mass is 10.2. The van der Waals surface area contributed by atoms with Gasteiger partial charge in [-0.3, -0.25) is 13.9 Å². The monoisotopic (exact) mass is 312 g/mol. The second kappa shape index (κ2) is 4.95. The molecule has 1 aromatic carbocycles. The highest BCUT2D eigenvalue weighted by Gasteiger charge is 2.23. The van der Waals surface area contributed by atoms with E-state index in [9.17, 15) is 9.59 Å². The van der Waals surface area contributed by atoms with Gasteiger partial charge in [-0.05, 0) is 30.4 Å². The molecule has 0 saturated carbocycles. The van der Waals surface area contributed by atoms with Crippen molar-refractivity contribution >= 4 is 21.6 Å². The van der Waals surface area contributed by atoms with Crippen molar-refractivity contribution < 1.29 is 0 Å². The molecule has 5 heteroatoms. The topological polar surface area (TPSA) is 44.0 Å². The van der Waals surface area contributed by atoms with Crippen LogP contribution in [0.4, 0.5) is 0 Å². The first-order valence-electron chi connectivity index (χ1n) is 7.45. The molecule has 1 aliphatic rings. The second-order valence-electron chi connectivity index (χ2n) is 5.75. The van der Waals surface area contributed by atoms with E-state index in [1.54, 1.807) is 23.0 Å². The van der Waals surface area contributed by atoms with Crippen molar-refractivity contribution in [2.75, 3.05) is 0 Å². The van der Waals surface area contributed by atoms with Crippen LogP contribution in [-0.4, -0.2) is 9.13 Å². The zero-order valence-corrected chi connectivity index (χ0v) is 13.2. The normalized spacial score (nSPS) is 13.7. The van der Waals surface area contributed by atoms with Crippen LogP contribution in [0.25, 0.3) is 10.2 Å². The fourth-order valence-electron chi connectivity index (χ4n) is 3.25. The van der Waals surface area contributed by atoms with Gasteiger partial charge in [-0.25, -0.2) is 4.79 Å². The third-order valence-electron chi connectivity index (χ3n) is 4.36. The maximum atomic E-state index is 12.6. The van der Waals surface area contributed by atoms with Gasteiger partial charge in [0.1, 0.15) is 4.70 Å². The summed E-state index contributed by atoms with van der Waals surface area (Å²) in [6, 6.07) is 9.92. The Bertz CT molecular complexity index is 980. The molecule has 1 aliphatic carbocycles. The van der Waals surface area contributed by atoms with E-state index in [0.29, 0.717) is 6.54 Å². The summed E-state index contributed by atoms with van der Waals surface area (Å²) in [5.74, 6) is 0. The molecule has 0 amide bonds. The van der Waals surface area contributed by atoms with E-state index < -0.39 is 0 Å². The van der Waals surface area contributed by atoms with Gasteiger partial charge < -0.3 is 0 Å². The molecular weight excluding hydrogens is 296 g/mol. The second-order valence-corrected chi connectivity index (χ2v) is 6.86. The summed E-state index contributed by atoms with van der Waals surface area (Å²) in [6.45, 7) is 0.507. The van der Waals surface area contributed by atoms with E-state index in [1.807, 2.05) is 30.3 Å². The van der Waals surface area contributed by atoms with Crippen molar-refractivity contribution in [3.05, 3.63) is 67.2 Å². The van der Waals surface area contributed by atoms with E-state index in [1.165, 1.54) is 15.0 Å². The van der Waals surface area contributed by atoms with Crippen molar-refractivity contribution in [1.82, 2.24) is 9.13 Å². The highest BCUT2D eigenvalue weighted by Crippen LogP contribution is 2.35. The van der Waals surface area contributed by atoms with Crippen LogP contribution in [0.1, 0.15) is 22.4 Å². The van der Waals surface area contributed by atoms with Crippen molar-refractivity contribution in [3.63, 3.8) is 0 Å².